The summed E-state index contributed by atoms with van der Waals surface area (Å²) in [6.45, 7) is 6.47. The van der Waals surface area contributed by atoms with Crippen LogP contribution in [0.1, 0.15) is 342 Å². The minimum Gasteiger partial charge on any atom is -0.462 e. The van der Waals surface area contributed by atoms with Crippen molar-refractivity contribution in [3.8, 4) is 0 Å². The number of hydrogen-bond acceptors (Lipinski definition) is 6. The van der Waals surface area contributed by atoms with Crippen LogP contribution in [0.3, 0.4) is 0 Å². The molecule has 6 nitrogen and oxygen atoms in total. The number of rotatable bonds is 62. The van der Waals surface area contributed by atoms with E-state index in [9.17, 15) is 14.4 Å². The van der Waals surface area contributed by atoms with E-state index >= 15 is 0 Å². The molecule has 0 aromatic rings. The van der Waals surface area contributed by atoms with Crippen LogP contribution in [-0.4, -0.2) is 37.2 Å². The van der Waals surface area contributed by atoms with Gasteiger partial charge >= 0.3 is 17.9 Å². The Bertz CT molecular complexity index is 1500. The summed E-state index contributed by atoms with van der Waals surface area (Å²) in [6, 6.07) is 0. The van der Waals surface area contributed by atoms with Crippen molar-refractivity contribution in [1.29, 1.82) is 0 Å². The first-order valence-corrected chi connectivity index (χ1v) is 34.1. The SMILES string of the molecule is CC/C=C\C/C=C\C/C=C\C/C=C\C/C=C\CCCCCCCCCCCCCCCCCC(=O)OCC(COC(=O)CCCCCCC)OC(=O)CCCCCCCCCCCCCCC/C=C\C/C=C\CCCCCCC. The molecule has 79 heavy (non-hydrogen) atoms. The van der Waals surface area contributed by atoms with Crippen LogP contribution in [0.5, 0.6) is 0 Å². The van der Waals surface area contributed by atoms with Crippen LogP contribution in [0.2, 0.25) is 0 Å². The molecule has 1 unspecified atom stereocenters. The number of hydrogen-bond donors (Lipinski definition) is 0. The molecule has 1 atom stereocenters. The van der Waals surface area contributed by atoms with E-state index in [1.165, 1.54) is 199 Å². The Morgan fingerprint density at radius 2 is 0.494 bits per heavy atom. The monoisotopic (exact) mass is 1100 g/mol. The first-order chi connectivity index (χ1) is 39.0. The van der Waals surface area contributed by atoms with Crippen molar-refractivity contribution in [2.45, 2.75) is 348 Å². The van der Waals surface area contributed by atoms with Crippen molar-refractivity contribution in [3.63, 3.8) is 0 Å². The van der Waals surface area contributed by atoms with Gasteiger partial charge in [-0.15, -0.1) is 0 Å². The number of esters is 3. The number of carbonyl (C=O) groups is 3. The number of carbonyl (C=O) groups excluding carboxylic acids is 3. The average Bonchev–Trinajstić information content (AvgIpc) is 3.45. The zero-order valence-corrected chi connectivity index (χ0v) is 52.4. The third kappa shape index (κ3) is 65.3. The van der Waals surface area contributed by atoms with Gasteiger partial charge in [0.1, 0.15) is 13.2 Å². The van der Waals surface area contributed by atoms with Gasteiger partial charge in [-0.1, -0.05) is 311 Å². The first kappa shape index (κ1) is 75.6. The van der Waals surface area contributed by atoms with Gasteiger partial charge in [-0.2, -0.15) is 0 Å². The maximum absolute atomic E-state index is 12.8. The lowest BCUT2D eigenvalue weighted by Gasteiger charge is -2.18. The van der Waals surface area contributed by atoms with Crippen molar-refractivity contribution in [1.82, 2.24) is 0 Å². The Morgan fingerprint density at radius 3 is 0.772 bits per heavy atom. The quantitative estimate of drug-likeness (QED) is 0.0261. The molecule has 0 saturated carbocycles. The molecule has 0 rings (SSSR count). The molecule has 0 fully saturated rings. The predicted octanol–water partition coefficient (Wildman–Crippen LogP) is 23.4. The largest absolute Gasteiger partial charge is 0.462 e. The van der Waals surface area contributed by atoms with Crippen molar-refractivity contribution < 1.29 is 28.6 Å². The third-order valence-electron chi connectivity index (χ3n) is 14.9. The van der Waals surface area contributed by atoms with Gasteiger partial charge < -0.3 is 14.2 Å². The predicted molar refractivity (Wildman–Crippen MR) is 344 cm³/mol. The molecule has 0 bridgehead atoms. The highest BCUT2D eigenvalue weighted by molar-refractivity contribution is 5.71. The summed E-state index contributed by atoms with van der Waals surface area (Å²) in [5.41, 5.74) is 0. The normalized spacial score (nSPS) is 12.6. The van der Waals surface area contributed by atoms with Gasteiger partial charge in [-0.3, -0.25) is 14.4 Å². The van der Waals surface area contributed by atoms with Crippen LogP contribution < -0.4 is 0 Å². The molecule has 0 N–H and O–H groups in total. The second-order valence-electron chi connectivity index (χ2n) is 22.7. The van der Waals surface area contributed by atoms with Gasteiger partial charge in [-0.05, 0) is 96.3 Å². The van der Waals surface area contributed by atoms with Gasteiger partial charge in [-0.25, -0.2) is 0 Å². The summed E-state index contributed by atoms with van der Waals surface area (Å²) in [4.78, 5) is 38.0. The van der Waals surface area contributed by atoms with Crippen LogP contribution in [-0.2, 0) is 28.6 Å². The molecule has 0 amide bonds. The molecule has 0 aliphatic heterocycles. The fourth-order valence-electron chi connectivity index (χ4n) is 9.80. The second kappa shape index (κ2) is 67.1. The Labute approximate surface area is 490 Å². The first-order valence-electron chi connectivity index (χ1n) is 34.1. The van der Waals surface area contributed by atoms with Crippen LogP contribution >= 0.6 is 0 Å². The molecule has 0 aliphatic rings. The molecule has 0 aromatic carbocycles. The summed E-state index contributed by atoms with van der Waals surface area (Å²) >= 11 is 0. The molecular formula is C73H128O6. The zero-order valence-electron chi connectivity index (χ0n) is 52.4. The second-order valence-corrected chi connectivity index (χ2v) is 22.7. The summed E-state index contributed by atoms with van der Waals surface area (Å²) < 4.78 is 16.8. The molecular weight excluding hydrogens is 973 g/mol. The van der Waals surface area contributed by atoms with E-state index in [0.717, 1.165) is 103 Å². The van der Waals surface area contributed by atoms with E-state index in [4.69, 9.17) is 14.2 Å². The van der Waals surface area contributed by atoms with Crippen molar-refractivity contribution in [3.05, 3.63) is 85.1 Å². The van der Waals surface area contributed by atoms with E-state index in [1.807, 2.05) is 0 Å². The zero-order chi connectivity index (χ0) is 57.1. The van der Waals surface area contributed by atoms with Gasteiger partial charge in [0.25, 0.3) is 0 Å². The van der Waals surface area contributed by atoms with Gasteiger partial charge in [0, 0.05) is 19.3 Å². The minimum atomic E-state index is -0.772. The lowest BCUT2D eigenvalue weighted by Crippen LogP contribution is -2.30. The summed E-state index contributed by atoms with van der Waals surface area (Å²) in [7, 11) is 0. The van der Waals surface area contributed by atoms with Crippen molar-refractivity contribution >= 4 is 17.9 Å². The van der Waals surface area contributed by atoms with E-state index in [1.54, 1.807) is 0 Å². The summed E-state index contributed by atoms with van der Waals surface area (Å²) in [5.74, 6) is -0.874. The van der Waals surface area contributed by atoms with E-state index < -0.39 is 6.10 Å². The number of allylic oxidation sites excluding steroid dienone is 14. The molecule has 0 aliphatic carbocycles. The lowest BCUT2D eigenvalue weighted by atomic mass is 10.0. The van der Waals surface area contributed by atoms with E-state index in [0.29, 0.717) is 19.3 Å². The molecule has 0 radical (unpaired) electrons. The van der Waals surface area contributed by atoms with Crippen LogP contribution in [0, 0.1) is 0 Å². The average molecular weight is 1100 g/mol. The molecule has 456 valence electrons. The van der Waals surface area contributed by atoms with Crippen molar-refractivity contribution in [2.75, 3.05) is 13.2 Å². The Kier molecular flexibility index (Phi) is 64.2. The number of ether oxygens (including phenoxy) is 3. The van der Waals surface area contributed by atoms with Gasteiger partial charge in [0.15, 0.2) is 6.10 Å². The Hall–Kier alpha value is -3.41. The highest BCUT2D eigenvalue weighted by Crippen LogP contribution is 2.17. The highest BCUT2D eigenvalue weighted by atomic mass is 16.6. The standard InChI is InChI=1S/C73H128O6/c1-4-7-10-13-15-17-19-21-23-25-27-29-31-33-34-35-36-37-38-40-41-43-45-47-49-51-53-55-57-60-63-66-72(75)78-69-70(68-77-71(74)65-62-59-12-9-6-3)79-73(76)67-64-61-58-56-54-52-50-48-46-44-42-39-32-30-28-26-24-22-20-18-16-14-11-8-5-2/h7,10,15,17,20-23,26-29,33-34,70H,4-6,8-9,11-14,16,18-19,24-25,30-32,35-69H2,1-3H3/b10-7-,17-15-,22-20-,23-21-,28-26-,29-27-,34-33-. The maximum atomic E-state index is 12.8. The molecule has 0 heterocycles. The highest BCUT2D eigenvalue weighted by Gasteiger charge is 2.19. The van der Waals surface area contributed by atoms with Crippen LogP contribution in [0.4, 0.5) is 0 Å². The van der Waals surface area contributed by atoms with Gasteiger partial charge in [0.2, 0.25) is 0 Å². The summed E-state index contributed by atoms with van der Waals surface area (Å²) in [5, 5.41) is 0. The fourth-order valence-corrected chi connectivity index (χ4v) is 9.80. The molecule has 0 saturated heterocycles. The molecule has 6 heteroatoms. The third-order valence-corrected chi connectivity index (χ3v) is 14.9. The lowest BCUT2D eigenvalue weighted by molar-refractivity contribution is -0.167. The minimum absolute atomic E-state index is 0.0734. The molecule has 0 spiro atoms. The Balaban J connectivity index is 3.98. The van der Waals surface area contributed by atoms with E-state index in [-0.39, 0.29) is 31.1 Å². The number of unbranched alkanes of at least 4 members (excludes halogenated alkanes) is 37. The van der Waals surface area contributed by atoms with E-state index in [2.05, 4.69) is 106 Å². The fraction of sp³-hybridized carbons (Fsp3) is 0.767. The smallest absolute Gasteiger partial charge is 0.306 e. The topological polar surface area (TPSA) is 78.9 Å². The van der Waals surface area contributed by atoms with Crippen LogP contribution in [0.15, 0.2) is 85.1 Å². The van der Waals surface area contributed by atoms with Gasteiger partial charge in [0.05, 0.1) is 0 Å². The van der Waals surface area contributed by atoms with Crippen molar-refractivity contribution in [2.24, 2.45) is 0 Å². The van der Waals surface area contributed by atoms with Crippen LogP contribution in [0.25, 0.3) is 0 Å². The maximum Gasteiger partial charge on any atom is 0.306 e. The molecule has 0 aromatic heterocycles. The Morgan fingerprint density at radius 1 is 0.266 bits per heavy atom. The summed E-state index contributed by atoms with van der Waals surface area (Å²) in [6.07, 6.45) is 89.4.